The number of esters is 1. The van der Waals surface area contributed by atoms with Crippen molar-refractivity contribution < 1.29 is 22.9 Å². The van der Waals surface area contributed by atoms with Crippen LogP contribution < -0.4 is 0 Å². The van der Waals surface area contributed by atoms with E-state index in [0.717, 1.165) is 44.0 Å². The van der Waals surface area contributed by atoms with E-state index in [9.17, 15) is 23.3 Å². The molecule has 1 aromatic carbocycles. The van der Waals surface area contributed by atoms with Crippen LogP contribution in [0.15, 0.2) is 41.4 Å². The highest BCUT2D eigenvalue weighted by atomic mass is 35.5. The molecule has 1 heterocycles. The molecule has 138 valence electrons. The first-order valence-corrected chi connectivity index (χ1v) is 9.70. The number of carbonyl (C=O) groups excluding carboxylic acids is 1. The van der Waals surface area contributed by atoms with E-state index in [4.69, 9.17) is 16.3 Å². The summed E-state index contributed by atoms with van der Waals surface area (Å²) in [4.78, 5) is 22.2. The Hall–Kier alpha value is -2.39. The van der Waals surface area contributed by atoms with Gasteiger partial charge in [0.2, 0.25) is 0 Å². The maximum absolute atomic E-state index is 12.9. The van der Waals surface area contributed by atoms with Crippen molar-refractivity contribution >= 4 is 33.3 Å². The summed E-state index contributed by atoms with van der Waals surface area (Å²) in [6, 6.07) is 5.88. The lowest BCUT2D eigenvalue weighted by molar-refractivity contribution is -0.387. The van der Waals surface area contributed by atoms with E-state index in [1.807, 2.05) is 0 Å². The maximum atomic E-state index is 12.9. The maximum Gasteiger partial charge on any atom is 0.356 e. The smallest absolute Gasteiger partial charge is 0.356 e. The highest BCUT2D eigenvalue weighted by molar-refractivity contribution is 7.90. The lowest BCUT2D eigenvalue weighted by Gasteiger charge is -2.14. The van der Waals surface area contributed by atoms with Crippen LogP contribution in [0.4, 0.5) is 5.69 Å². The van der Waals surface area contributed by atoms with Gasteiger partial charge in [0.15, 0.2) is 4.90 Å². The molecule has 0 radical (unpaired) electrons. The molecule has 1 aliphatic rings. The molecule has 0 aliphatic heterocycles. The molecule has 1 fully saturated rings. The Bertz CT molecular complexity index is 963. The molecule has 0 unspecified atom stereocenters. The van der Waals surface area contributed by atoms with Gasteiger partial charge in [-0.3, -0.25) is 10.1 Å². The van der Waals surface area contributed by atoms with Gasteiger partial charge in [0.25, 0.3) is 15.7 Å². The van der Waals surface area contributed by atoms with Crippen LogP contribution in [0.2, 0.25) is 5.02 Å². The van der Waals surface area contributed by atoms with E-state index >= 15 is 0 Å². The van der Waals surface area contributed by atoms with Gasteiger partial charge >= 0.3 is 5.97 Å². The number of halogens is 1. The molecular formula is C16H15ClN2O6S. The van der Waals surface area contributed by atoms with Gasteiger partial charge in [0.05, 0.1) is 4.92 Å². The molecule has 0 amide bonds. The number of ether oxygens (including phenoxy) is 1. The fourth-order valence-electron chi connectivity index (χ4n) is 2.90. The number of aromatic nitrogens is 1. The Morgan fingerprint density at radius 2 is 1.96 bits per heavy atom. The molecule has 1 aromatic heterocycles. The van der Waals surface area contributed by atoms with Gasteiger partial charge in [0, 0.05) is 17.3 Å². The number of hydrogen-bond donors (Lipinski definition) is 0. The van der Waals surface area contributed by atoms with Crippen molar-refractivity contribution in [1.29, 1.82) is 0 Å². The number of carbonyl (C=O) groups is 1. The molecule has 26 heavy (non-hydrogen) atoms. The first kappa shape index (κ1) is 18.4. The molecule has 0 atom stereocenters. The van der Waals surface area contributed by atoms with Gasteiger partial charge in [-0.1, -0.05) is 11.6 Å². The molecule has 3 rings (SSSR count). The SMILES string of the molecule is O=C(OC1CCCC1)c1cccn1S(=O)(=O)c1cc(Cl)ccc1[N+](=O)[O-]. The summed E-state index contributed by atoms with van der Waals surface area (Å²) in [6.07, 6.45) is 4.27. The summed E-state index contributed by atoms with van der Waals surface area (Å²) in [5.41, 5.74) is -0.843. The van der Waals surface area contributed by atoms with Crippen molar-refractivity contribution in [2.24, 2.45) is 0 Å². The second-order valence-corrected chi connectivity index (χ2v) is 8.10. The number of benzene rings is 1. The number of hydrogen-bond acceptors (Lipinski definition) is 6. The molecule has 8 nitrogen and oxygen atoms in total. The first-order chi connectivity index (χ1) is 12.3. The third-order valence-electron chi connectivity index (χ3n) is 4.15. The summed E-state index contributed by atoms with van der Waals surface area (Å²) in [7, 11) is -4.41. The van der Waals surface area contributed by atoms with E-state index in [0.29, 0.717) is 3.97 Å². The van der Waals surface area contributed by atoms with E-state index in [2.05, 4.69) is 0 Å². The molecule has 0 bridgehead atoms. The summed E-state index contributed by atoms with van der Waals surface area (Å²) in [5.74, 6) is -0.782. The highest BCUT2D eigenvalue weighted by Gasteiger charge is 2.31. The van der Waals surface area contributed by atoms with Crippen molar-refractivity contribution in [3.05, 3.63) is 57.4 Å². The van der Waals surface area contributed by atoms with Crippen LogP contribution in [0.25, 0.3) is 0 Å². The van der Waals surface area contributed by atoms with Crippen LogP contribution >= 0.6 is 11.6 Å². The zero-order valence-electron chi connectivity index (χ0n) is 13.5. The average Bonchev–Trinajstić information content (AvgIpc) is 3.26. The Labute approximate surface area is 154 Å². The molecule has 0 N–H and O–H groups in total. The largest absolute Gasteiger partial charge is 0.458 e. The minimum atomic E-state index is -4.41. The zero-order chi connectivity index (χ0) is 18.9. The Morgan fingerprint density at radius 3 is 2.62 bits per heavy atom. The van der Waals surface area contributed by atoms with Crippen molar-refractivity contribution in [1.82, 2.24) is 3.97 Å². The minimum absolute atomic E-state index is 0.0245. The summed E-state index contributed by atoms with van der Waals surface area (Å²) in [6.45, 7) is 0. The molecule has 0 spiro atoms. The number of nitro benzene ring substituents is 1. The van der Waals surface area contributed by atoms with Gasteiger partial charge in [-0.2, -0.15) is 0 Å². The fourth-order valence-corrected chi connectivity index (χ4v) is 4.66. The molecule has 1 aliphatic carbocycles. The summed E-state index contributed by atoms with van der Waals surface area (Å²) >= 11 is 5.82. The van der Waals surface area contributed by atoms with Crippen LogP contribution in [0, 0.1) is 10.1 Å². The predicted molar refractivity (Wildman–Crippen MR) is 92.8 cm³/mol. The highest BCUT2D eigenvalue weighted by Crippen LogP contribution is 2.30. The molecule has 1 saturated carbocycles. The zero-order valence-corrected chi connectivity index (χ0v) is 15.1. The summed E-state index contributed by atoms with van der Waals surface area (Å²) in [5, 5.41) is 11.2. The van der Waals surface area contributed by atoms with Crippen molar-refractivity contribution in [2.45, 2.75) is 36.7 Å². The Morgan fingerprint density at radius 1 is 1.27 bits per heavy atom. The number of rotatable bonds is 5. The lowest BCUT2D eigenvalue weighted by Crippen LogP contribution is -2.22. The van der Waals surface area contributed by atoms with Crippen LogP contribution in [-0.2, 0) is 14.8 Å². The van der Waals surface area contributed by atoms with Gasteiger partial charge in [-0.15, -0.1) is 0 Å². The molecule has 0 saturated heterocycles. The van der Waals surface area contributed by atoms with E-state index < -0.39 is 31.5 Å². The second kappa shape index (κ2) is 7.08. The quantitative estimate of drug-likeness (QED) is 0.434. The second-order valence-electron chi connectivity index (χ2n) is 5.88. The molecular weight excluding hydrogens is 384 g/mol. The van der Waals surface area contributed by atoms with Crippen LogP contribution in [0.3, 0.4) is 0 Å². The van der Waals surface area contributed by atoms with Gasteiger partial charge in [0.1, 0.15) is 11.8 Å². The van der Waals surface area contributed by atoms with Gasteiger partial charge < -0.3 is 4.74 Å². The Balaban J connectivity index is 2.02. The normalized spacial score (nSPS) is 15.1. The first-order valence-electron chi connectivity index (χ1n) is 7.88. The van der Waals surface area contributed by atoms with Crippen LogP contribution in [-0.4, -0.2) is 29.4 Å². The third-order valence-corrected chi connectivity index (χ3v) is 6.11. The van der Waals surface area contributed by atoms with Gasteiger partial charge in [-0.25, -0.2) is 17.2 Å². The Kier molecular flexibility index (Phi) is 5.01. The monoisotopic (exact) mass is 398 g/mol. The average molecular weight is 399 g/mol. The fraction of sp³-hybridized carbons (Fsp3) is 0.312. The van der Waals surface area contributed by atoms with Crippen molar-refractivity contribution in [3.63, 3.8) is 0 Å². The van der Waals surface area contributed by atoms with E-state index in [1.54, 1.807) is 0 Å². The van der Waals surface area contributed by atoms with Crippen LogP contribution in [0.5, 0.6) is 0 Å². The van der Waals surface area contributed by atoms with E-state index in [-0.39, 0.29) is 16.8 Å². The minimum Gasteiger partial charge on any atom is -0.458 e. The topological polar surface area (TPSA) is 109 Å². The molecule has 2 aromatic rings. The summed E-state index contributed by atoms with van der Waals surface area (Å²) < 4.78 is 31.9. The third kappa shape index (κ3) is 3.45. The predicted octanol–water partition coefficient (Wildman–Crippen LogP) is 3.39. The van der Waals surface area contributed by atoms with Gasteiger partial charge in [-0.05, 0) is 49.9 Å². The molecule has 10 heteroatoms. The van der Waals surface area contributed by atoms with E-state index in [1.165, 1.54) is 18.2 Å². The van der Waals surface area contributed by atoms with Crippen molar-refractivity contribution in [3.8, 4) is 0 Å². The number of nitrogens with zero attached hydrogens (tertiary/aromatic N) is 2. The number of nitro groups is 1. The lowest BCUT2D eigenvalue weighted by atomic mass is 10.3. The standard InChI is InChI=1S/C16H15ClN2O6S/c17-11-7-8-13(19(21)22)15(10-11)26(23,24)18-9-3-6-14(18)16(20)25-12-4-1-2-5-12/h3,6-10,12H,1-2,4-5H2. The van der Waals surface area contributed by atoms with Crippen LogP contribution in [0.1, 0.15) is 36.2 Å². The van der Waals surface area contributed by atoms with Crippen molar-refractivity contribution in [2.75, 3.05) is 0 Å².